The summed E-state index contributed by atoms with van der Waals surface area (Å²) < 4.78 is 6.86. The maximum Gasteiger partial charge on any atom is 0.125 e. The highest BCUT2D eigenvalue weighted by atomic mass is 79.9. The van der Waals surface area contributed by atoms with E-state index in [0.717, 1.165) is 16.6 Å². The summed E-state index contributed by atoms with van der Waals surface area (Å²) in [6.07, 6.45) is 7.22. The van der Waals surface area contributed by atoms with Crippen LogP contribution >= 0.6 is 15.9 Å². The van der Waals surface area contributed by atoms with E-state index in [9.17, 15) is 0 Å². The lowest BCUT2D eigenvalue weighted by molar-refractivity contribution is 0.287. The molecule has 0 aliphatic heterocycles. The Morgan fingerprint density at radius 2 is 1.95 bits per heavy atom. The second-order valence-corrected chi connectivity index (χ2v) is 6.46. The van der Waals surface area contributed by atoms with E-state index in [1.807, 2.05) is 0 Å². The van der Waals surface area contributed by atoms with Crippen molar-refractivity contribution in [3.63, 3.8) is 0 Å². The second kappa shape index (κ2) is 6.27. The lowest BCUT2D eigenvalue weighted by Gasteiger charge is -2.38. The fraction of sp³-hybridized carbons (Fsp3) is 0.625. The summed E-state index contributed by atoms with van der Waals surface area (Å²) in [6, 6.07) is 4.38. The summed E-state index contributed by atoms with van der Waals surface area (Å²) in [4.78, 5) is 0. The molecule has 2 nitrogen and oxygen atoms in total. The number of hydrogen-bond donors (Lipinski definition) is 1. The standard InChI is InChI=1S/C16H24BrNO/c1-3-12-9-13(17)10-14(15(12)19-2)16(11-18)7-5-4-6-8-16/h9-10H,3-8,11,18H2,1-2H3. The molecule has 0 heterocycles. The molecule has 0 spiro atoms. The van der Waals surface area contributed by atoms with E-state index in [-0.39, 0.29) is 5.41 Å². The molecule has 0 unspecified atom stereocenters. The van der Waals surface area contributed by atoms with Crippen molar-refractivity contribution < 1.29 is 4.74 Å². The molecule has 19 heavy (non-hydrogen) atoms. The van der Waals surface area contributed by atoms with Gasteiger partial charge in [-0.1, -0.05) is 42.1 Å². The first kappa shape index (κ1) is 14.9. The van der Waals surface area contributed by atoms with Gasteiger partial charge in [-0.05, 0) is 37.0 Å². The topological polar surface area (TPSA) is 35.2 Å². The van der Waals surface area contributed by atoms with Crippen molar-refractivity contribution in [2.24, 2.45) is 5.73 Å². The van der Waals surface area contributed by atoms with Crippen molar-refractivity contribution in [1.82, 2.24) is 0 Å². The quantitative estimate of drug-likeness (QED) is 0.901. The zero-order valence-electron chi connectivity index (χ0n) is 12.0. The number of benzene rings is 1. The lowest BCUT2D eigenvalue weighted by Crippen LogP contribution is -2.37. The van der Waals surface area contributed by atoms with Crippen LogP contribution in [0.25, 0.3) is 0 Å². The Hall–Kier alpha value is -0.540. The third kappa shape index (κ3) is 2.82. The van der Waals surface area contributed by atoms with Crippen LogP contribution in [0.5, 0.6) is 5.75 Å². The maximum absolute atomic E-state index is 6.16. The van der Waals surface area contributed by atoms with Crippen LogP contribution in [0.3, 0.4) is 0 Å². The largest absolute Gasteiger partial charge is 0.496 e. The molecule has 1 aliphatic rings. The highest BCUT2D eigenvalue weighted by Gasteiger charge is 2.35. The fourth-order valence-electron chi connectivity index (χ4n) is 3.36. The van der Waals surface area contributed by atoms with Crippen molar-refractivity contribution in [3.8, 4) is 5.75 Å². The summed E-state index contributed by atoms with van der Waals surface area (Å²) in [6.45, 7) is 2.88. The molecule has 1 aromatic rings. The molecule has 0 amide bonds. The number of rotatable bonds is 4. The molecule has 0 aromatic heterocycles. The SMILES string of the molecule is CCc1cc(Br)cc(C2(CN)CCCCC2)c1OC. The van der Waals surface area contributed by atoms with E-state index in [1.54, 1.807) is 7.11 Å². The molecule has 3 heteroatoms. The lowest BCUT2D eigenvalue weighted by atomic mass is 9.69. The molecule has 1 fully saturated rings. The summed E-state index contributed by atoms with van der Waals surface area (Å²) in [5.41, 5.74) is 8.85. The van der Waals surface area contributed by atoms with Gasteiger partial charge < -0.3 is 10.5 Å². The fourth-order valence-corrected chi connectivity index (χ4v) is 3.86. The van der Waals surface area contributed by atoms with Crippen molar-refractivity contribution >= 4 is 15.9 Å². The Balaban J connectivity index is 2.55. The molecule has 0 radical (unpaired) electrons. The van der Waals surface area contributed by atoms with Gasteiger partial charge in [-0.3, -0.25) is 0 Å². The van der Waals surface area contributed by atoms with Crippen LogP contribution in [-0.2, 0) is 11.8 Å². The van der Waals surface area contributed by atoms with Crippen LogP contribution in [0, 0.1) is 0 Å². The van der Waals surface area contributed by atoms with E-state index in [1.165, 1.54) is 43.2 Å². The number of ether oxygens (including phenoxy) is 1. The Kier molecular flexibility index (Phi) is 4.91. The number of hydrogen-bond acceptors (Lipinski definition) is 2. The second-order valence-electron chi connectivity index (χ2n) is 5.54. The Labute approximate surface area is 124 Å². The summed E-state index contributed by atoms with van der Waals surface area (Å²) in [5.74, 6) is 1.05. The number of methoxy groups -OCH3 is 1. The van der Waals surface area contributed by atoms with Gasteiger partial charge in [-0.2, -0.15) is 0 Å². The normalized spacial score (nSPS) is 18.3. The minimum Gasteiger partial charge on any atom is -0.496 e. The maximum atomic E-state index is 6.16. The third-order valence-electron chi connectivity index (χ3n) is 4.49. The van der Waals surface area contributed by atoms with E-state index >= 15 is 0 Å². The van der Waals surface area contributed by atoms with Crippen molar-refractivity contribution in [2.75, 3.05) is 13.7 Å². The zero-order chi connectivity index (χ0) is 13.9. The molecule has 1 saturated carbocycles. The number of halogens is 1. The molecular weight excluding hydrogens is 302 g/mol. The van der Waals surface area contributed by atoms with Gasteiger partial charge in [0.05, 0.1) is 7.11 Å². The highest BCUT2D eigenvalue weighted by molar-refractivity contribution is 9.10. The molecular formula is C16H24BrNO. The minimum absolute atomic E-state index is 0.108. The first-order chi connectivity index (χ1) is 9.16. The minimum atomic E-state index is 0.108. The van der Waals surface area contributed by atoms with E-state index in [2.05, 4.69) is 35.0 Å². The van der Waals surface area contributed by atoms with Crippen molar-refractivity contribution in [1.29, 1.82) is 0 Å². The summed E-state index contributed by atoms with van der Waals surface area (Å²) in [5, 5.41) is 0. The van der Waals surface area contributed by atoms with Crippen molar-refractivity contribution in [2.45, 2.75) is 50.9 Å². The van der Waals surface area contributed by atoms with Crippen LogP contribution in [0.2, 0.25) is 0 Å². The van der Waals surface area contributed by atoms with Gasteiger partial charge in [-0.25, -0.2) is 0 Å². The molecule has 1 aliphatic carbocycles. The van der Waals surface area contributed by atoms with Gasteiger partial charge in [0.15, 0.2) is 0 Å². The van der Waals surface area contributed by atoms with Gasteiger partial charge >= 0.3 is 0 Å². The van der Waals surface area contributed by atoms with Gasteiger partial charge in [0.2, 0.25) is 0 Å². The Morgan fingerprint density at radius 1 is 1.26 bits per heavy atom. The van der Waals surface area contributed by atoms with Crippen LogP contribution in [0.4, 0.5) is 0 Å². The first-order valence-corrected chi connectivity index (χ1v) is 8.03. The molecule has 0 saturated heterocycles. The average Bonchev–Trinajstić information content (AvgIpc) is 2.46. The summed E-state index contributed by atoms with van der Waals surface area (Å²) >= 11 is 3.64. The van der Waals surface area contributed by atoms with Crippen LogP contribution in [0.15, 0.2) is 16.6 Å². The van der Waals surface area contributed by atoms with Gasteiger partial charge in [0.1, 0.15) is 5.75 Å². The van der Waals surface area contributed by atoms with Crippen LogP contribution in [0.1, 0.15) is 50.2 Å². The zero-order valence-corrected chi connectivity index (χ0v) is 13.6. The smallest absolute Gasteiger partial charge is 0.125 e. The molecule has 1 aromatic carbocycles. The number of aryl methyl sites for hydroxylation is 1. The predicted molar refractivity (Wildman–Crippen MR) is 83.9 cm³/mol. The van der Waals surface area contributed by atoms with Crippen LogP contribution in [-0.4, -0.2) is 13.7 Å². The Bertz CT molecular complexity index is 439. The Morgan fingerprint density at radius 3 is 2.47 bits per heavy atom. The molecule has 106 valence electrons. The van der Waals surface area contributed by atoms with Gasteiger partial charge in [0.25, 0.3) is 0 Å². The van der Waals surface area contributed by atoms with Gasteiger partial charge in [0, 0.05) is 22.0 Å². The number of nitrogens with two attached hydrogens (primary N) is 1. The first-order valence-electron chi connectivity index (χ1n) is 7.24. The third-order valence-corrected chi connectivity index (χ3v) is 4.95. The van der Waals surface area contributed by atoms with E-state index in [0.29, 0.717) is 6.54 Å². The molecule has 0 atom stereocenters. The highest BCUT2D eigenvalue weighted by Crippen LogP contribution is 2.45. The molecule has 2 N–H and O–H groups in total. The molecule has 0 bridgehead atoms. The molecule has 2 rings (SSSR count). The monoisotopic (exact) mass is 325 g/mol. The summed E-state index contributed by atoms with van der Waals surface area (Å²) in [7, 11) is 1.78. The van der Waals surface area contributed by atoms with Crippen molar-refractivity contribution in [3.05, 3.63) is 27.7 Å². The predicted octanol–water partition coefficient (Wildman–Crippen LogP) is 4.18. The van der Waals surface area contributed by atoms with Crippen LogP contribution < -0.4 is 10.5 Å². The van der Waals surface area contributed by atoms with E-state index < -0.39 is 0 Å². The van der Waals surface area contributed by atoms with Gasteiger partial charge in [-0.15, -0.1) is 0 Å². The van der Waals surface area contributed by atoms with E-state index in [4.69, 9.17) is 10.5 Å². The average molecular weight is 326 g/mol.